The van der Waals surface area contributed by atoms with Crippen molar-refractivity contribution >= 4 is 33.2 Å². The third kappa shape index (κ3) is 3.21. The van der Waals surface area contributed by atoms with Crippen LogP contribution >= 0.6 is 27.5 Å². The number of pyridine rings is 1. The fraction of sp³-hybridized carbons (Fsp3) is 0.0833. The second-order valence-electron chi connectivity index (χ2n) is 3.75. The Morgan fingerprint density at radius 2 is 2.16 bits per heavy atom. The van der Waals surface area contributed by atoms with E-state index in [4.69, 9.17) is 16.3 Å². The molecule has 0 fully saturated rings. The van der Waals surface area contributed by atoms with Crippen molar-refractivity contribution in [3.8, 4) is 11.6 Å². The summed E-state index contributed by atoms with van der Waals surface area (Å²) >= 11 is 9.40. The van der Waals surface area contributed by atoms with E-state index in [-0.39, 0.29) is 11.6 Å². The van der Waals surface area contributed by atoms with Gasteiger partial charge in [-0.25, -0.2) is 4.98 Å². The fourth-order valence-corrected chi connectivity index (χ4v) is 2.04. The van der Waals surface area contributed by atoms with E-state index in [1.165, 1.54) is 12.1 Å². The lowest BCUT2D eigenvalue weighted by Crippen LogP contribution is -1.92. The van der Waals surface area contributed by atoms with Gasteiger partial charge in [-0.3, -0.25) is 10.1 Å². The van der Waals surface area contributed by atoms with Crippen LogP contribution in [0.2, 0.25) is 5.02 Å². The van der Waals surface area contributed by atoms with E-state index < -0.39 is 4.92 Å². The van der Waals surface area contributed by atoms with Crippen LogP contribution in [0.25, 0.3) is 0 Å². The number of hydrogen-bond acceptors (Lipinski definition) is 4. The molecule has 0 atom stereocenters. The number of aryl methyl sites for hydroxylation is 1. The summed E-state index contributed by atoms with van der Waals surface area (Å²) in [6.07, 6.45) is 1.13. The first-order valence-electron chi connectivity index (χ1n) is 5.21. The van der Waals surface area contributed by atoms with Crippen molar-refractivity contribution in [2.75, 3.05) is 0 Å². The first-order chi connectivity index (χ1) is 8.97. The monoisotopic (exact) mass is 342 g/mol. The Morgan fingerprint density at radius 3 is 2.74 bits per heavy atom. The highest BCUT2D eigenvalue weighted by Crippen LogP contribution is 2.33. The van der Waals surface area contributed by atoms with Gasteiger partial charge >= 0.3 is 0 Å². The summed E-state index contributed by atoms with van der Waals surface area (Å²) in [5.74, 6) is 0.693. The van der Waals surface area contributed by atoms with Gasteiger partial charge in [-0.05, 0) is 24.6 Å². The van der Waals surface area contributed by atoms with Crippen molar-refractivity contribution in [3.05, 3.63) is 55.6 Å². The largest absolute Gasteiger partial charge is 0.437 e. The summed E-state index contributed by atoms with van der Waals surface area (Å²) in [4.78, 5) is 13.8. The summed E-state index contributed by atoms with van der Waals surface area (Å²) in [6.45, 7) is 1.90. The maximum absolute atomic E-state index is 10.5. The minimum absolute atomic E-state index is 0.0922. The number of rotatable bonds is 3. The van der Waals surface area contributed by atoms with E-state index >= 15 is 0 Å². The Labute approximate surface area is 122 Å². The molecule has 2 rings (SSSR count). The molecular formula is C12H8BrClN2O3. The molecule has 0 saturated heterocycles. The third-order valence-electron chi connectivity index (χ3n) is 2.36. The molecule has 0 aliphatic rings. The van der Waals surface area contributed by atoms with E-state index in [0.29, 0.717) is 10.8 Å². The van der Waals surface area contributed by atoms with Crippen molar-refractivity contribution < 1.29 is 9.66 Å². The van der Waals surface area contributed by atoms with Crippen LogP contribution in [0.3, 0.4) is 0 Å². The summed E-state index contributed by atoms with van der Waals surface area (Å²) in [7, 11) is 0. The van der Waals surface area contributed by atoms with Crippen molar-refractivity contribution in [1.29, 1.82) is 0 Å². The number of aromatic nitrogens is 1. The minimum atomic E-state index is -0.520. The summed E-state index contributed by atoms with van der Waals surface area (Å²) in [5.41, 5.74) is 0.867. The lowest BCUT2D eigenvalue weighted by Gasteiger charge is -2.08. The lowest BCUT2D eigenvalue weighted by atomic mass is 10.2. The molecule has 7 heteroatoms. The molecule has 0 unspecified atom stereocenters. The van der Waals surface area contributed by atoms with E-state index in [1.54, 1.807) is 12.1 Å². The molecule has 0 radical (unpaired) electrons. The average molecular weight is 344 g/mol. The zero-order chi connectivity index (χ0) is 14.0. The zero-order valence-electron chi connectivity index (χ0n) is 9.76. The number of nitro groups is 1. The minimum Gasteiger partial charge on any atom is -0.437 e. The summed E-state index contributed by atoms with van der Waals surface area (Å²) in [5, 5.41) is 10.9. The molecule has 0 aliphatic carbocycles. The normalized spacial score (nSPS) is 10.3. The Morgan fingerprint density at radius 1 is 1.42 bits per heavy atom. The van der Waals surface area contributed by atoms with Crippen LogP contribution in [0.5, 0.6) is 11.6 Å². The van der Waals surface area contributed by atoms with Gasteiger partial charge < -0.3 is 4.74 Å². The highest BCUT2D eigenvalue weighted by atomic mass is 79.9. The van der Waals surface area contributed by atoms with Crippen molar-refractivity contribution in [3.63, 3.8) is 0 Å². The predicted octanol–water partition coefficient (Wildman–Crippen LogP) is 4.51. The van der Waals surface area contributed by atoms with Gasteiger partial charge in [-0.15, -0.1) is 0 Å². The molecule has 2 aromatic rings. The van der Waals surface area contributed by atoms with Crippen LogP contribution in [0.1, 0.15) is 5.56 Å². The Hall–Kier alpha value is -1.66. The molecular weight excluding hydrogens is 336 g/mol. The highest BCUT2D eigenvalue weighted by Gasteiger charge is 2.09. The molecule has 0 spiro atoms. The van der Waals surface area contributed by atoms with Crippen LogP contribution in [0, 0.1) is 17.0 Å². The van der Waals surface area contributed by atoms with Crippen LogP contribution in [0.4, 0.5) is 5.69 Å². The van der Waals surface area contributed by atoms with Gasteiger partial charge in [0.2, 0.25) is 5.88 Å². The van der Waals surface area contributed by atoms with Gasteiger partial charge in [0.1, 0.15) is 11.9 Å². The van der Waals surface area contributed by atoms with E-state index in [1.807, 2.05) is 6.92 Å². The van der Waals surface area contributed by atoms with Gasteiger partial charge in [0.05, 0.1) is 9.95 Å². The molecule has 5 nitrogen and oxygen atoms in total. The second kappa shape index (κ2) is 5.54. The van der Waals surface area contributed by atoms with E-state index in [9.17, 15) is 10.1 Å². The van der Waals surface area contributed by atoms with Crippen LogP contribution < -0.4 is 4.74 Å². The second-order valence-corrected chi connectivity index (χ2v) is 5.01. The van der Waals surface area contributed by atoms with Crippen molar-refractivity contribution in [2.24, 2.45) is 0 Å². The zero-order valence-corrected chi connectivity index (χ0v) is 12.1. The lowest BCUT2D eigenvalue weighted by molar-refractivity contribution is -0.385. The number of nitrogens with zero attached hydrogens (tertiary/aromatic N) is 2. The Kier molecular flexibility index (Phi) is 4.01. The summed E-state index contributed by atoms with van der Waals surface area (Å²) < 4.78 is 6.37. The first-order valence-corrected chi connectivity index (χ1v) is 6.38. The van der Waals surface area contributed by atoms with Gasteiger partial charge in [0.15, 0.2) is 0 Å². The molecule has 0 aliphatic heterocycles. The maximum Gasteiger partial charge on any atom is 0.287 e. The van der Waals surface area contributed by atoms with Gasteiger partial charge in [0, 0.05) is 16.6 Å². The SMILES string of the molecule is Cc1cc(Oc2ccc([N+](=O)[O-])cn2)c(Cl)cc1Br. The topological polar surface area (TPSA) is 65.3 Å². The number of halogens is 2. The van der Waals surface area contributed by atoms with Gasteiger partial charge in [-0.1, -0.05) is 27.5 Å². The van der Waals surface area contributed by atoms with Crippen LogP contribution in [-0.2, 0) is 0 Å². The average Bonchev–Trinajstić information content (AvgIpc) is 2.36. The molecule has 19 heavy (non-hydrogen) atoms. The molecule has 1 aromatic heterocycles. The molecule has 1 heterocycles. The van der Waals surface area contributed by atoms with Crippen LogP contribution in [0.15, 0.2) is 34.9 Å². The molecule has 1 aromatic carbocycles. The molecule has 0 saturated carbocycles. The number of benzene rings is 1. The molecule has 98 valence electrons. The van der Waals surface area contributed by atoms with E-state index in [0.717, 1.165) is 16.2 Å². The smallest absolute Gasteiger partial charge is 0.287 e. The molecule has 0 N–H and O–H groups in total. The summed E-state index contributed by atoms with van der Waals surface area (Å²) in [6, 6.07) is 6.22. The third-order valence-corrected chi connectivity index (χ3v) is 3.51. The standard InChI is InChI=1S/C12H8BrClN2O3/c1-7-4-11(10(14)5-9(7)13)19-12-3-2-8(6-15-12)16(17)18/h2-6H,1H3. The van der Waals surface area contributed by atoms with Gasteiger partial charge in [-0.2, -0.15) is 0 Å². The fourth-order valence-electron chi connectivity index (χ4n) is 1.36. The van der Waals surface area contributed by atoms with Crippen molar-refractivity contribution in [1.82, 2.24) is 4.98 Å². The Bertz CT molecular complexity index is 632. The number of hydrogen-bond donors (Lipinski definition) is 0. The molecule has 0 bridgehead atoms. The maximum atomic E-state index is 10.5. The Balaban J connectivity index is 2.26. The van der Waals surface area contributed by atoms with Crippen molar-refractivity contribution in [2.45, 2.75) is 6.92 Å². The van der Waals surface area contributed by atoms with Gasteiger partial charge in [0.25, 0.3) is 5.69 Å². The predicted molar refractivity (Wildman–Crippen MR) is 74.9 cm³/mol. The van der Waals surface area contributed by atoms with E-state index in [2.05, 4.69) is 20.9 Å². The quantitative estimate of drug-likeness (QED) is 0.607. The highest BCUT2D eigenvalue weighted by molar-refractivity contribution is 9.10. The first kappa shape index (κ1) is 13.8. The molecule has 0 amide bonds. The van der Waals surface area contributed by atoms with Crippen LogP contribution in [-0.4, -0.2) is 9.91 Å². The number of ether oxygens (including phenoxy) is 1.